The molecule has 2 aliphatic rings. The summed E-state index contributed by atoms with van der Waals surface area (Å²) in [5.74, 6) is 0.630. The molecule has 2 saturated carbocycles. The van der Waals surface area contributed by atoms with Gasteiger partial charge in [-0.3, -0.25) is 0 Å². The van der Waals surface area contributed by atoms with E-state index in [4.69, 9.17) is 0 Å². The second-order valence-corrected chi connectivity index (χ2v) is 5.25. The molecule has 0 aliphatic heterocycles. The second-order valence-electron chi connectivity index (χ2n) is 3.69. The van der Waals surface area contributed by atoms with Gasteiger partial charge in [0.25, 0.3) is 0 Å². The van der Waals surface area contributed by atoms with Crippen LogP contribution in [-0.2, 0) is 10.2 Å². The van der Waals surface area contributed by atoms with E-state index in [1.54, 1.807) is 0 Å². The van der Waals surface area contributed by atoms with Crippen LogP contribution in [-0.4, -0.2) is 13.7 Å². The van der Waals surface area contributed by atoms with Crippen molar-refractivity contribution in [3.63, 3.8) is 0 Å². The van der Waals surface area contributed by atoms with E-state index in [1.165, 1.54) is 0 Å². The van der Waals surface area contributed by atoms with Crippen LogP contribution < -0.4 is 0 Å². The Morgan fingerprint density at radius 2 is 1.91 bits per heavy atom. The minimum Gasteiger partial charge on any atom is -0.195 e. The Morgan fingerprint density at radius 1 is 1.18 bits per heavy atom. The summed E-state index contributed by atoms with van der Waals surface area (Å²) < 4.78 is 33.6. The Morgan fingerprint density at radius 3 is 2.18 bits per heavy atom. The third kappa shape index (κ3) is 1.17. The summed E-state index contributed by atoms with van der Waals surface area (Å²) in [4.78, 5) is 0. The second kappa shape index (κ2) is 2.19. The van der Waals surface area contributed by atoms with Gasteiger partial charge in [-0.1, -0.05) is 6.42 Å². The molecule has 0 aromatic heterocycles. The average molecular weight is 178 g/mol. The first-order valence-corrected chi connectivity index (χ1v) is 5.45. The first-order valence-electron chi connectivity index (χ1n) is 4.01. The Labute approximate surface area is 66.0 Å². The maximum Gasteiger partial charge on any atom is 0.305 e. The van der Waals surface area contributed by atoms with Gasteiger partial charge in [0.05, 0.1) is 5.25 Å². The summed E-state index contributed by atoms with van der Waals surface area (Å²) in [6.45, 7) is 0. The Bertz CT molecular complexity index is 260. The van der Waals surface area contributed by atoms with Crippen molar-refractivity contribution in [1.29, 1.82) is 0 Å². The number of fused-ring (bicyclic) bond motifs is 2. The van der Waals surface area contributed by atoms with Crippen LogP contribution in [0.1, 0.15) is 25.7 Å². The zero-order valence-electron chi connectivity index (χ0n) is 6.16. The van der Waals surface area contributed by atoms with Crippen LogP contribution in [0.15, 0.2) is 0 Å². The molecule has 0 unspecified atom stereocenters. The molecule has 2 aliphatic carbocycles. The van der Waals surface area contributed by atoms with Gasteiger partial charge < -0.3 is 0 Å². The lowest BCUT2D eigenvalue weighted by molar-refractivity contribution is 0.446. The molecule has 2 nitrogen and oxygen atoms in total. The maximum atomic E-state index is 12.5. The van der Waals surface area contributed by atoms with E-state index in [0.29, 0.717) is 12.3 Å². The molecule has 0 aromatic carbocycles. The van der Waals surface area contributed by atoms with Gasteiger partial charge in [-0.15, -0.1) is 3.89 Å². The fraction of sp³-hybridized carbons (Fsp3) is 1.00. The molecule has 0 spiro atoms. The van der Waals surface area contributed by atoms with Gasteiger partial charge in [-0.05, 0) is 31.1 Å². The minimum absolute atomic E-state index is 0.134. The van der Waals surface area contributed by atoms with E-state index in [-0.39, 0.29) is 5.92 Å². The molecule has 0 aromatic rings. The SMILES string of the molecule is O=S(=O)(F)[C@@H]1C[C@@H]2CC[C@H]1C2. The summed E-state index contributed by atoms with van der Waals surface area (Å²) in [6.07, 6.45) is 3.53. The lowest BCUT2D eigenvalue weighted by atomic mass is 10.0. The van der Waals surface area contributed by atoms with Gasteiger partial charge in [-0.25, -0.2) is 0 Å². The molecule has 0 radical (unpaired) electrons. The quantitative estimate of drug-likeness (QED) is 0.570. The van der Waals surface area contributed by atoms with E-state index in [9.17, 15) is 12.3 Å². The monoisotopic (exact) mass is 178 g/mol. The number of hydrogen-bond donors (Lipinski definition) is 0. The van der Waals surface area contributed by atoms with Crippen molar-refractivity contribution in [1.82, 2.24) is 0 Å². The van der Waals surface area contributed by atoms with Crippen molar-refractivity contribution in [2.24, 2.45) is 11.8 Å². The van der Waals surface area contributed by atoms with Crippen LogP contribution >= 0.6 is 0 Å². The molecular weight excluding hydrogens is 167 g/mol. The summed E-state index contributed by atoms with van der Waals surface area (Å²) in [5.41, 5.74) is 0. The summed E-state index contributed by atoms with van der Waals surface area (Å²) in [6, 6.07) is 0. The number of hydrogen-bond acceptors (Lipinski definition) is 2. The zero-order chi connectivity index (χ0) is 8.06. The van der Waals surface area contributed by atoms with Crippen LogP contribution in [0.3, 0.4) is 0 Å². The molecule has 2 bridgehead atoms. The van der Waals surface area contributed by atoms with E-state index in [0.717, 1.165) is 19.3 Å². The summed E-state index contributed by atoms with van der Waals surface area (Å²) in [7, 11) is -4.23. The van der Waals surface area contributed by atoms with Crippen molar-refractivity contribution < 1.29 is 12.3 Å². The first-order chi connectivity index (χ1) is 5.07. The van der Waals surface area contributed by atoms with Crippen LogP contribution in [0.2, 0.25) is 0 Å². The maximum absolute atomic E-state index is 12.5. The fourth-order valence-corrected chi connectivity index (χ4v) is 3.74. The lowest BCUT2D eigenvalue weighted by Crippen LogP contribution is -2.23. The minimum atomic E-state index is -4.23. The van der Waals surface area contributed by atoms with E-state index >= 15 is 0 Å². The first kappa shape index (κ1) is 7.53. The molecule has 2 rings (SSSR count). The average Bonchev–Trinajstić information content (AvgIpc) is 2.42. The van der Waals surface area contributed by atoms with Crippen molar-refractivity contribution >= 4 is 10.2 Å². The van der Waals surface area contributed by atoms with E-state index < -0.39 is 15.5 Å². The van der Waals surface area contributed by atoms with Crippen molar-refractivity contribution in [2.45, 2.75) is 30.9 Å². The standard InChI is InChI=1S/C7H11FO2S/c8-11(9,10)7-4-5-1-2-6(7)3-5/h5-7H,1-4H2/t5-,6+,7-/m1/s1. The largest absolute Gasteiger partial charge is 0.305 e. The molecule has 0 amide bonds. The predicted molar refractivity (Wildman–Crippen MR) is 39.3 cm³/mol. The van der Waals surface area contributed by atoms with Crippen molar-refractivity contribution in [3.05, 3.63) is 0 Å². The number of rotatable bonds is 1. The van der Waals surface area contributed by atoms with Crippen LogP contribution in [0.5, 0.6) is 0 Å². The Balaban J connectivity index is 2.21. The summed E-state index contributed by atoms with van der Waals surface area (Å²) >= 11 is 0. The Kier molecular flexibility index (Phi) is 1.50. The molecule has 0 heterocycles. The highest BCUT2D eigenvalue weighted by atomic mass is 32.3. The lowest BCUT2D eigenvalue weighted by Gasteiger charge is -2.16. The highest BCUT2D eigenvalue weighted by molar-refractivity contribution is 7.87. The molecule has 11 heavy (non-hydrogen) atoms. The topological polar surface area (TPSA) is 34.1 Å². The van der Waals surface area contributed by atoms with Crippen LogP contribution in [0, 0.1) is 11.8 Å². The molecule has 3 atom stereocenters. The van der Waals surface area contributed by atoms with Gasteiger partial charge in [0, 0.05) is 0 Å². The molecule has 4 heteroatoms. The van der Waals surface area contributed by atoms with Crippen molar-refractivity contribution in [2.75, 3.05) is 0 Å². The molecule has 2 fully saturated rings. The van der Waals surface area contributed by atoms with E-state index in [1.807, 2.05) is 0 Å². The molecule has 0 N–H and O–H groups in total. The van der Waals surface area contributed by atoms with Gasteiger partial charge in [0.2, 0.25) is 0 Å². The molecule has 64 valence electrons. The predicted octanol–water partition coefficient (Wildman–Crippen LogP) is 1.47. The fourth-order valence-electron chi connectivity index (χ4n) is 2.53. The molecule has 0 saturated heterocycles. The smallest absolute Gasteiger partial charge is 0.195 e. The summed E-state index contributed by atoms with van der Waals surface area (Å²) in [5, 5.41) is -0.652. The Hall–Kier alpha value is -0.120. The van der Waals surface area contributed by atoms with Gasteiger partial charge in [0.15, 0.2) is 0 Å². The van der Waals surface area contributed by atoms with Crippen LogP contribution in [0.4, 0.5) is 3.89 Å². The molecular formula is C7H11FO2S. The zero-order valence-corrected chi connectivity index (χ0v) is 6.98. The van der Waals surface area contributed by atoms with Crippen molar-refractivity contribution in [3.8, 4) is 0 Å². The van der Waals surface area contributed by atoms with Gasteiger partial charge in [0.1, 0.15) is 0 Å². The highest BCUT2D eigenvalue weighted by Crippen LogP contribution is 2.47. The normalized spacial score (nSPS) is 43.2. The third-order valence-corrected chi connectivity index (χ3v) is 4.34. The third-order valence-electron chi connectivity index (χ3n) is 3.03. The number of halogens is 1. The van der Waals surface area contributed by atoms with Gasteiger partial charge >= 0.3 is 10.2 Å². The van der Waals surface area contributed by atoms with E-state index in [2.05, 4.69) is 0 Å². The highest BCUT2D eigenvalue weighted by Gasteiger charge is 2.46. The van der Waals surface area contributed by atoms with Gasteiger partial charge in [-0.2, -0.15) is 8.42 Å². The van der Waals surface area contributed by atoms with Crippen LogP contribution in [0.25, 0.3) is 0 Å².